The summed E-state index contributed by atoms with van der Waals surface area (Å²) >= 11 is 0. The van der Waals surface area contributed by atoms with Crippen LogP contribution in [0, 0.1) is 0 Å². The molecule has 7 nitrogen and oxygen atoms in total. The van der Waals surface area contributed by atoms with E-state index < -0.39 is 0 Å². The topological polar surface area (TPSA) is 86.2 Å². The van der Waals surface area contributed by atoms with Crippen molar-refractivity contribution < 1.29 is 14.3 Å². The number of aromatic hydroxyl groups is 1. The highest BCUT2D eigenvalue weighted by Gasteiger charge is 2.22. The lowest BCUT2D eigenvalue weighted by atomic mass is 9.87. The molecule has 38 heavy (non-hydrogen) atoms. The van der Waals surface area contributed by atoms with E-state index in [0.29, 0.717) is 28.7 Å². The van der Waals surface area contributed by atoms with E-state index in [-0.39, 0.29) is 11.2 Å². The fourth-order valence-corrected chi connectivity index (χ4v) is 5.07. The predicted octanol–water partition coefficient (Wildman–Crippen LogP) is 7.66. The normalized spacial score (nSPS) is 12.2. The Labute approximate surface area is 218 Å². The molecule has 0 bridgehead atoms. The first kappa shape index (κ1) is 22.3. The second-order valence-electron chi connectivity index (χ2n) is 10.4. The van der Waals surface area contributed by atoms with E-state index in [1.165, 1.54) is 0 Å². The third kappa shape index (κ3) is 3.39. The van der Waals surface area contributed by atoms with Crippen LogP contribution in [0.1, 0.15) is 26.3 Å². The van der Waals surface area contributed by atoms with Gasteiger partial charge in [-0.25, -0.2) is 4.98 Å². The van der Waals surface area contributed by atoms with Gasteiger partial charge in [-0.15, -0.1) is 0 Å². The third-order valence-electron chi connectivity index (χ3n) is 6.83. The number of nitrogens with zero attached hydrogens (tertiary/aromatic N) is 4. The molecule has 5 heterocycles. The van der Waals surface area contributed by atoms with Gasteiger partial charge in [-0.3, -0.25) is 9.55 Å². The van der Waals surface area contributed by atoms with Crippen LogP contribution >= 0.6 is 0 Å². The monoisotopic (exact) mass is 500 g/mol. The van der Waals surface area contributed by atoms with E-state index in [0.717, 1.165) is 38.3 Å². The molecule has 0 saturated heterocycles. The lowest BCUT2D eigenvalue weighted by Gasteiger charge is -2.18. The minimum absolute atomic E-state index is 0.0978. The van der Waals surface area contributed by atoms with Gasteiger partial charge >= 0.3 is 0 Å². The van der Waals surface area contributed by atoms with Crippen LogP contribution in [0.15, 0.2) is 89.6 Å². The summed E-state index contributed by atoms with van der Waals surface area (Å²) in [7, 11) is 0. The summed E-state index contributed by atoms with van der Waals surface area (Å²) in [6.45, 7) is 6.44. The molecule has 0 aliphatic heterocycles. The van der Waals surface area contributed by atoms with E-state index in [2.05, 4.69) is 36.8 Å². The average molecular weight is 501 g/mol. The van der Waals surface area contributed by atoms with Crippen LogP contribution in [0.4, 0.5) is 0 Å². The molecule has 7 rings (SSSR count). The van der Waals surface area contributed by atoms with Crippen molar-refractivity contribution >= 4 is 44.1 Å². The summed E-state index contributed by atoms with van der Waals surface area (Å²) in [6.07, 6.45) is 3.44. The second-order valence-corrected chi connectivity index (χ2v) is 10.4. The molecule has 0 spiro atoms. The molecular formula is C31H24N4O3. The molecule has 7 aromatic rings. The van der Waals surface area contributed by atoms with Crippen molar-refractivity contribution in [3.05, 3.63) is 90.8 Å². The summed E-state index contributed by atoms with van der Waals surface area (Å²) in [5, 5.41) is 13.4. The number of aromatic nitrogens is 4. The molecule has 1 N–H and O–H groups in total. The number of para-hydroxylation sites is 3. The average Bonchev–Trinajstić information content (AvgIpc) is 3.43. The molecule has 0 radical (unpaired) electrons. The number of phenolic OH excluding ortho intramolecular Hbond substituents is 1. The number of ether oxygens (including phenoxy) is 1. The molecule has 5 aromatic heterocycles. The number of hydrogen-bond acceptors (Lipinski definition) is 6. The van der Waals surface area contributed by atoms with Gasteiger partial charge in [-0.1, -0.05) is 51.1 Å². The smallest absolute Gasteiger partial charge is 0.229 e. The standard InChI is InChI=1S/C31H24N4O3/c1-31(2,3)22-14-15-32-27-21-16-18(17-33-30(21)38-28(22)27)37-26-13-12-20-19-8-4-5-9-23(19)35(29(20)34-26)24-10-6-7-11-25(24)36/h4-17,36H,1-3H3. The van der Waals surface area contributed by atoms with Gasteiger partial charge in [0.05, 0.1) is 22.8 Å². The first-order valence-electron chi connectivity index (χ1n) is 12.4. The number of benzene rings is 2. The molecule has 7 heteroatoms. The zero-order chi connectivity index (χ0) is 26.0. The van der Waals surface area contributed by atoms with Gasteiger partial charge in [0.15, 0.2) is 5.58 Å². The first-order chi connectivity index (χ1) is 18.4. The largest absolute Gasteiger partial charge is 0.506 e. The van der Waals surface area contributed by atoms with Crippen LogP contribution in [0.2, 0.25) is 0 Å². The van der Waals surface area contributed by atoms with E-state index in [1.54, 1.807) is 24.5 Å². The minimum atomic E-state index is -0.0978. The lowest BCUT2D eigenvalue weighted by molar-refractivity contribution is 0.462. The fraction of sp³-hybridized carbons (Fsp3) is 0.129. The van der Waals surface area contributed by atoms with Gasteiger partial charge in [0, 0.05) is 28.6 Å². The SMILES string of the molecule is CC(C)(C)c1ccnc2c1oc1ncc(Oc3ccc4c5ccccc5n(-c5ccccc5O)c4n3)cc12. The molecule has 186 valence electrons. The number of pyridine rings is 3. The Bertz CT molecular complexity index is 2010. The van der Waals surface area contributed by atoms with E-state index >= 15 is 0 Å². The van der Waals surface area contributed by atoms with Gasteiger partial charge in [0.25, 0.3) is 0 Å². The van der Waals surface area contributed by atoms with Crippen molar-refractivity contribution in [3.63, 3.8) is 0 Å². The molecule has 2 aromatic carbocycles. The Morgan fingerprint density at radius 1 is 0.868 bits per heavy atom. The second kappa shape index (κ2) is 8.05. The number of furan rings is 1. The maximum atomic E-state index is 10.6. The van der Waals surface area contributed by atoms with Crippen molar-refractivity contribution in [3.8, 4) is 23.1 Å². The highest BCUT2D eigenvalue weighted by atomic mass is 16.5. The highest BCUT2D eigenvalue weighted by Crippen LogP contribution is 2.37. The van der Waals surface area contributed by atoms with Crippen LogP contribution < -0.4 is 4.74 Å². The summed E-state index contributed by atoms with van der Waals surface area (Å²) in [5.74, 6) is 1.11. The first-order valence-corrected chi connectivity index (χ1v) is 12.4. The zero-order valence-corrected chi connectivity index (χ0v) is 21.1. The van der Waals surface area contributed by atoms with E-state index in [9.17, 15) is 5.11 Å². The Kier molecular flexibility index (Phi) is 4.72. The van der Waals surface area contributed by atoms with Gasteiger partial charge < -0.3 is 14.3 Å². The number of fused-ring (bicyclic) bond motifs is 6. The Morgan fingerprint density at radius 2 is 1.68 bits per heavy atom. The Morgan fingerprint density at radius 3 is 2.53 bits per heavy atom. The van der Waals surface area contributed by atoms with Crippen LogP contribution in [0.5, 0.6) is 17.4 Å². The van der Waals surface area contributed by atoms with Crippen molar-refractivity contribution in [1.29, 1.82) is 0 Å². The molecule has 0 aliphatic rings. The summed E-state index contributed by atoms with van der Waals surface area (Å²) < 4.78 is 14.3. The molecule has 0 fully saturated rings. The van der Waals surface area contributed by atoms with Gasteiger partial charge in [-0.05, 0) is 41.8 Å². The summed E-state index contributed by atoms with van der Waals surface area (Å²) in [6, 6.07) is 23.0. The zero-order valence-electron chi connectivity index (χ0n) is 21.1. The highest BCUT2D eigenvalue weighted by molar-refractivity contribution is 6.08. The fourth-order valence-electron chi connectivity index (χ4n) is 5.07. The van der Waals surface area contributed by atoms with Crippen molar-refractivity contribution in [1.82, 2.24) is 19.5 Å². The quantitative estimate of drug-likeness (QED) is 0.268. The molecule has 0 unspecified atom stereocenters. The summed E-state index contributed by atoms with van der Waals surface area (Å²) in [5.41, 5.74) is 5.27. The van der Waals surface area contributed by atoms with Gasteiger partial charge in [0.1, 0.15) is 22.7 Å². The van der Waals surface area contributed by atoms with Crippen molar-refractivity contribution in [2.75, 3.05) is 0 Å². The lowest BCUT2D eigenvalue weighted by Crippen LogP contribution is -2.11. The molecule has 0 amide bonds. The van der Waals surface area contributed by atoms with Crippen LogP contribution in [-0.4, -0.2) is 24.6 Å². The van der Waals surface area contributed by atoms with Crippen LogP contribution in [0.25, 0.3) is 49.8 Å². The van der Waals surface area contributed by atoms with Crippen LogP contribution in [0.3, 0.4) is 0 Å². The Balaban J connectivity index is 1.36. The maximum Gasteiger partial charge on any atom is 0.229 e. The van der Waals surface area contributed by atoms with Crippen LogP contribution in [-0.2, 0) is 5.41 Å². The number of rotatable bonds is 3. The van der Waals surface area contributed by atoms with Crippen molar-refractivity contribution in [2.24, 2.45) is 0 Å². The van der Waals surface area contributed by atoms with E-state index in [4.69, 9.17) is 14.1 Å². The molecule has 0 aliphatic carbocycles. The number of phenols is 1. The van der Waals surface area contributed by atoms with E-state index in [1.807, 2.05) is 59.2 Å². The predicted molar refractivity (Wildman–Crippen MR) is 148 cm³/mol. The summed E-state index contributed by atoms with van der Waals surface area (Å²) in [4.78, 5) is 14.0. The molecular weight excluding hydrogens is 476 g/mol. The van der Waals surface area contributed by atoms with Crippen molar-refractivity contribution in [2.45, 2.75) is 26.2 Å². The molecule has 0 saturated carbocycles. The number of hydrogen-bond donors (Lipinski definition) is 1. The third-order valence-corrected chi connectivity index (χ3v) is 6.83. The van der Waals surface area contributed by atoms with Gasteiger partial charge in [0.2, 0.25) is 11.6 Å². The minimum Gasteiger partial charge on any atom is -0.506 e. The van der Waals surface area contributed by atoms with Gasteiger partial charge in [-0.2, -0.15) is 4.98 Å². The maximum absolute atomic E-state index is 10.6. The Hall–Kier alpha value is -4.91. The molecule has 0 atom stereocenters.